The van der Waals surface area contributed by atoms with Crippen LogP contribution >= 0.6 is 0 Å². The van der Waals surface area contributed by atoms with Gasteiger partial charge >= 0.3 is 0 Å². The van der Waals surface area contributed by atoms with E-state index in [-0.39, 0.29) is 17.9 Å². The van der Waals surface area contributed by atoms with Crippen molar-refractivity contribution in [2.75, 3.05) is 13.2 Å². The molecule has 1 N–H and O–H groups in total. The van der Waals surface area contributed by atoms with Gasteiger partial charge in [-0.15, -0.1) is 0 Å². The van der Waals surface area contributed by atoms with Crippen LogP contribution in [0, 0.1) is 6.92 Å². The number of hydrogen-bond acceptors (Lipinski definition) is 4. The monoisotopic (exact) mass is 254 g/mol. The van der Waals surface area contributed by atoms with Crippen LogP contribution in [0.15, 0.2) is 4.52 Å². The van der Waals surface area contributed by atoms with Gasteiger partial charge in [-0.3, -0.25) is 4.79 Å². The van der Waals surface area contributed by atoms with Gasteiger partial charge in [-0.2, -0.15) is 0 Å². The third-order valence-electron chi connectivity index (χ3n) is 2.48. The van der Waals surface area contributed by atoms with E-state index in [0.717, 1.165) is 0 Å². The Morgan fingerprint density at radius 1 is 1.39 bits per heavy atom. The fraction of sp³-hybridized carbons (Fsp3) is 0.692. The van der Waals surface area contributed by atoms with Crippen molar-refractivity contribution in [2.24, 2.45) is 0 Å². The second-order valence-electron chi connectivity index (χ2n) is 4.84. The molecule has 0 spiro atoms. The predicted molar refractivity (Wildman–Crippen MR) is 68.8 cm³/mol. The number of carbonyl (C=O) groups excluding carboxylic acids is 1. The molecule has 0 fully saturated rings. The summed E-state index contributed by atoms with van der Waals surface area (Å²) < 4.78 is 10.5. The fourth-order valence-electron chi connectivity index (χ4n) is 1.61. The number of nitrogens with one attached hydrogen (secondary N) is 1. The molecule has 5 nitrogen and oxygen atoms in total. The molecule has 18 heavy (non-hydrogen) atoms. The first-order chi connectivity index (χ1) is 8.43. The van der Waals surface area contributed by atoms with E-state index >= 15 is 0 Å². The van der Waals surface area contributed by atoms with Crippen molar-refractivity contribution in [1.29, 1.82) is 0 Å². The highest BCUT2D eigenvalue weighted by Crippen LogP contribution is 2.21. The third kappa shape index (κ3) is 3.84. The molecule has 1 aromatic heterocycles. The topological polar surface area (TPSA) is 64.4 Å². The van der Waals surface area contributed by atoms with Gasteiger partial charge in [0.1, 0.15) is 5.56 Å². The van der Waals surface area contributed by atoms with Crippen molar-refractivity contribution in [3.8, 4) is 0 Å². The molecule has 0 atom stereocenters. The number of nitrogens with zero attached hydrogens (tertiary/aromatic N) is 1. The zero-order valence-electron chi connectivity index (χ0n) is 11.7. The number of amides is 1. The molecule has 0 bridgehead atoms. The standard InChI is InChI=1S/C13H22N2O3/c1-8(2)12-11(10(5)15-18-12)13(16)14-6-7-17-9(3)4/h8-9H,6-7H2,1-5H3,(H,14,16). The summed E-state index contributed by atoms with van der Waals surface area (Å²) in [7, 11) is 0. The summed E-state index contributed by atoms with van der Waals surface area (Å²) in [6.45, 7) is 10.6. The van der Waals surface area contributed by atoms with Crippen LogP contribution in [0.4, 0.5) is 0 Å². The minimum absolute atomic E-state index is 0.138. The van der Waals surface area contributed by atoms with Gasteiger partial charge in [-0.25, -0.2) is 0 Å². The molecule has 0 radical (unpaired) electrons. The quantitative estimate of drug-likeness (QED) is 0.791. The van der Waals surface area contributed by atoms with Gasteiger partial charge in [0.15, 0.2) is 5.76 Å². The molecule has 1 heterocycles. The van der Waals surface area contributed by atoms with Crippen LogP contribution in [0.2, 0.25) is 0 Å². The Hall–Kier alpha value is -1.36. The first kappa shape index (κ1) is 14.7. The number of ether oxygens (including phenoxy) is 1. The van der Waals surface area contributed by atoms with Gasteiger partial charge in [0.05, 0.1) is 18.4 Å². The van der Waals surface area contributed by atoms with E-state index in [4.69, 9.17) is 9.26 Å². The summed E-state index contributed by atoms with van der Waals surface area (Å²) in [6, 6.07) is 0. The Bertz CT molecular complexity index is 397. The number of aromatic nitrogens is 1. The molecule has 0 aliphatic rings. The average Bonchev–Trinajstić information content (AvgIpc) is 2.66. The molecule has 1 amide bonds. The molecule has 0 saturated heterocycles. The Morgan fingerprint density at radius 2 is 2.06 bits per heavy atom. The summed E-state index contributed by atoms with van der Waals surface area (Å²) in [5.41, 5.74) is 1.18. The maximum Gasteiger partial charge on any atom is 0.256 e. The van der Waals surface area contributed by atoms with Gasteiger partial charge in [0.2, 0.25) is 0 Å². The summed E-state index contributed by atoms with van der Waals surface area (Å²) in [5, 5.41) is 6.66. The lowest BCUT2D eigenvalue weighted by molar-refractivity contribution is 0.0745. The van der Waals surface area contributed by atoms with Crippen LogP contribution < -0.4 is 5.32 Å². The lowest BCUT2D eigenvalue weighted by Crippen LogP contribution is -2.29. The van der Waals surface area contributed by atoms with Gasteiger partial charge in [0, 0.05) is 12.5 Å². The number of carbonyl (C=O) groups is 1. The Labute approximate surface area is 108 Å². The van der Waals surface area contributed by atoms with Crippen molar-refractivity contribution in [1.82, 2.24) is 10.5 Å². The highest BCUT2D eigenvalue weighted by atomic mass is 16.5. The minimum Gasteiger partial charge on any atom is -0.377 e. The molecule has 102 valence electrons. The van der Waals surface area contributed by atoms with E-state index in [1.807, 2.05) is 27.7 Å². The summed E-state index contributed by atoms with van der Waals surface area (Å²) >= 11 is 0. The fourth-order valence-corrected chi connectivity index (χ4v) is 1.61. The molecule has 0 saturated carbocycles. The lowest BCUT2D eigenvalue weighted by atomic mass is 10.0. The minimum atomic E-state index is -0.148. The smallest absolute Gasteiger partial charge is 0.256 e. The van der Waals surface area contributed by atoms with E-state index in [2.05, 4.69) is 10.5 Å². The molecule has 0 aliphatic carbocycles. The third-order valence-corrected chi connectivity index (χ3v) is 2.48. The largest absolute Gasteiger partial charge is 0.377 e. The van der Waals surface area contributed by atoms with Crippen LogP contribution in [0.1, 0.15) is 55.4 Å². The maximum absolute atomic E-state index is 12.0. The second kappa shape index (κ2) is 6.54. The summed E-state index contributed by atoms with van der Waals surface area (Å²) in [5.74, 6) is 0.624. The van der Waals surface area contributed by atoms with E-state index in [9.17, 15) is 4.79 Å². The van der Waals surface area contributed by atoms with Gasteiger partial charge in [-0.1, -0.05) is 19.0 Å². The SMILES string of the molecule is Cc1noc(C(C)C)c1C(=O)NCCOC(C)C. The molecule has 0 aromatic carbocycles. The average molecular weight is 254 g/mol. The lowest BCUT2D eigenvalue weighted by Gasteiger charge is -2.09. The maximum atomic E-state index is 12.0. The predicted octanol–water partition coefficient (Wildman–Crippen LogP) is 2.26. The molecule has 1 rings (SSSR count). The Balaban J connectivity index is 2.58. The van der Waals surface area contributed by atoms with Crippen LogP contribution in [0.5, 0.6) is 0 Å². The molecular formula is C13H22N2O3. The second-order valence-corrected chi connectivity index (χ2v) is 4.84. The molecule has 1 aromatic rings. The van der Waals surface area contributed by atoms with Crippen LogP contribution in [0.3, 0.4) is 0 Å². The zero-order valence-corrected chi connectivity index (χ0v) is 11.7. The number of aryl methyl sites for hydroxylation is 1. The van der Waals surface area contributed by atoms with Crippen molar-refractivity contribution < 1.29 is 14.1 Å². The van der Waals surface area contributed by atoms with E-state index in [1.54, 1.807) is 6.92 Å². The van der Waals surface area contributed by atoms with Gasteiger partial charge in [0.25, 0.3) is 5.91 Å². The molecule has 0 aliphatic heterocycles. The number of hydrogen-bond donors (Lipinski definition) is 1. The van der Waals surface area contributed by atoms with Crippen LogP contribution in [-0.4, -0.2) is 30.3 Å². The Kier molecular flexibility index (Phi) is 5.34. The summed E-state index contributed by atoms with van der Waals surface area (Å²) in [4.78, 5) is 12.0. The van der Waals surface area contributed by atoms with Crippen molar-refractivity contribution in [3.63, 3.8) is 0 Å². The zero-order chi connectivity index (χ0) is 13.7. The van der Waals surface area contributed by atoms with Gasteiger partial charge in [-0.05, 0) is 20.8 Å². The van der Waals surface area contributed by atoms with Crippen LogP contribution in [0.25, 0.3) is 0 Å². The highest BCUT2D eigenvalue weighted by Gasteiger charge is 2.21. The first-order valence-electron chi connectivity index (χ1n) is 6.29. The summed E-state index contributed by atoms with van der Waals surface area (Å²) in [6.07, 6.45) is 0.172. The van der Waals surface area contributed by atoms with Crippen molar-refractivity contribution in [3.05, 3.63) is 17.0 Å². The molecule has 5 heteroatoms. The highest BCUT2D eigenvalue weighted by molar-refractivity contribution is 5.96. The number of rotatable bonds is 6. The van der Waals surface area contributed by atoms with Crippen molar-refractivity contribution >= 4 is 5.91 Å². The Morgan fingerprint density at radius 3 is 2.61 bits per heavy atom. The van der Waals surface area contributed by atoms with Crippen LogP contribution in [-0.2, 0) is 4.74 Å². The normalized spacial score (nSPS) is 11.3. The van der Waals surface area contributed by atoms with E-state index in [0.29, 0.717) is 30.2 Å². The first-order valence-corrected chi connectivity index (χ1v) is 6.29. The van der Waals surface area contributed by atoms with E-state index in [1.165, 1.54) is 0 Å². The molecule has 0 unspecified atom stereocenters. The van der Waals surface area contributed by atoms with Crippen molar-refractivity contribution in [2.45, 2.75) is 46.6 Å². The van der Waals surface area contributed by atoms with Gasteiger partial charge < -0.3 is 14.6 Å². The molecular weight excluding hydrogens is 232 g/mol. The van der Waals surface area contributed by atoms with E-state index < -0.39 is 0 Å².